The van der Waals surface area contributed by atoms with Crippen molar-refractivity contribution < 1.29 is 14.7 Å². The highest BCUT2D eigenvalue weighted by Crippen LogP contribution is 2.30. The van der Waals surface area contributed by atoms with E-state index in [4.69, 9.17) is 0 Å². The first kappa shape index (κ1) is 34.2. The van der Waals surface area contributed by atoms with Crippen molar-refractivity contribution in [1.29, 1.82) is 0 Å². The standard InChI is InChI=1S/C31H48N6O3S/c1-4-6-8-9-10-11-12-13-14-15-16-20-27(41-23-28(32-24(3)38)33-29(39)21-7-5-2)30(40)25-18-17-19-26(22-25)31-34-36-37-35-31/h14-20,22,27-28,30,40H,4-13,21,23H2,1-3H3,(H,32,38)(H,33,39)(H,34,35,36,37)/t27-,28-,30+/m1/s1. The van der Waals surface area contributed by atoms with Gasteiger partial charge in [0.15, 0.2) is 0 Å². The summed E-state index contributed by atoms with van der Waals surface area (Å²) in [5.74, 6) is 0.531. The topological polar surface area (TPSA) is 133 Å². The van der Waals surface area contributed by atoms with Crippen LogP contribution in [0.5, 0.6) is 0 Å². The van der Waals surface area contributed by atoms with Crippen LogP contribution in [0, 0.1) is 0 Å². The molecule has 1 aromatic carbocycles. The summed E-state index contributed by atoms with van der Waals surface area (Å²) in [6.45, 7) is 5.70. The molecule has 0 aliphatic heterocycles. The second kappa shape index (κ2) is 20.8. The van der Waals surface area contributed by atoms with Gasteiger partial charge < -0.3 is 15.7 Å². The van der Waals surface area contributed by atoms with Gasteiger partial charge in [0.05, 0.1) is 11.4 Å². The first-order valence-corrected chi connectivity index (χ1v) is 16.0. The van der Waals surface area contributed by atoms with E-state index in [0.717, 1.165) is 24.8 Å². The quantitative estimate of drug-likeness (QED) is 0.0801. The van der Waals surface area contributed by atoms with Gasteiger partial charge in [-0.05, 0) is 36.1 Å². The Kier molecular flexibility index (Phi) is 17.4. The first-order valence-electron chi connectivity index (χ1n) is 15.0. The average Bonchev–Trinajstić information content (AvgIpc) is 3.51. The summed E-state index contributed by atoms with van der Waals surface area (Å²) in [6, 6.07) is 7.44. The van der Waals surface area contributed by atoms with Crippen LogP contribution in [-0.2, 0) is 9.59 Å². The van der Waals surface area contributed by atoms with Gasteiger partial charge in [-0.2, -0.15) is 5.21 Å². The number of nitrogens with one attached hydrogen (secondary N) is 3. The first-order chi connectivity index (χ1) is 19.9. The SMILES string of the molecule is CCCCCCCCCC=CC=C[C@@H](SC[C@H](NC(C)=O)NC(=O)CCCC)[C@@H](O)c1cccc(-c2nn[nH]n2)c1. The number of aromatic nitrogens is 4. The number of carbonyl (C=O) groups excluding carboxylic acids is 2. The molecule has 4 N–H and O–H groups in total. The number of H-pyrrole nitrogens is 1. The molecule has 10 heteroatoms. The molecule has 2 rings (SSSR count). The van der Waals surface area contributed by atoms with Gasteiger partial charge in [-0.25, -0.2) is 0 Å². The molecule has 41 heavy (non-hydrogen) atoms. The zero-order chi connectivity index (χ0) is 29.7. The van der Waals surface area contributed by atoms with E-state index >= 15 is 0 Å². The Balaban J connectivity index is 2.07. The minimum atomic E-state index is -0.839. The summed E-state index contributed by atoms with van der Waals surface area (Å²) in [5.41, 5.74) is 1.46. The summed E-state index contributed by atoms with van der Waals surface area (Å²) >= 11 is 1.48. The number of aliphatic hydroxyl groups excluding tert-OH is 1. The number of aromatic amines is 1. The van der Waals surface area contributed by atoms with E-state index in [9.17, 15) is 14.7 Å². The predicted octanol–water partition coefficient (Wildman–Crippen LogP) is 6.02. The number of nitrogens with zero attached hydrogens (tertiary/aromatic N) is 3. The van der Waals surface area contributed by atoms with Crippen molar-refractivity contribution in [2.45, 2.75) is 109 Å². The van der Waals surface area contributed by atoms with Crippen LogP contribution in [0.15, 0.2) is 48.6 Å². The van der Waals surface area contributed by atoms with Crippen LogP contribution in [0.4, 0.5) is 0 Å². The molecule has 0 saturated heterocycles. The zero-order valence-electron chi connectivity index (χ0n) is 24.8. The normalized spacial score (nSPS) is 13.9. The molecule has 1 aromatic heterocycles. The average molecular weight is 585 g/mol. The van der Waals surface area contributed by atoms with Crippen molar-refractivity contribution in [3.8, 4) is 11.4 Å². The van der Waals surface area contributed by atoms with Crippen LogP contribution >= 0.6 is 11.8 Å². The number of hydrogen-bond donors (Lipinski definition) is 4. The third-order valence-electron chi connectivity index (χ3n) is 6.59. The van der Waals surface area contributed by atoms with Gasteiger partial charge in [0, 0.05) is 24.7 Å². The van der Waals surface area contributed by atoms with E-state index in [1.807, 2.05) is 49.4 Å². The summed E-state index contributed by atoms with van der Waals surface area (Å²) in [6.07, 6.45) is 18.9. The van der Waals surface area contributed by atoms with Crippen molar-refractivity contribution in [3.05, 3.63) is 54.1 Å². The predicted molar refractivity (Wildman–Crippen MR) is 167 cm³/mol. The maximum atomic E-state index is 12.4. The molecule has 9 nitrogen and oxygen atoms in total. The molecule has 0 aliphatic rings. The highest BCUT2D eigenvalue weighted by molar-refractivity contribution is 8.00. The monoisotopic (exact) mass is 584 g/mol. The second-order valence-electron chi connectivity index (χ2n) is 10.3. The summed E-state index contributed by atoms with van der Waals surface area (Å²) in [4.78, 5) is 24.2. The van der Waals surface area contributed by atoms with Gasteiger partial charge in [0.25, 0.3) is 0 Å². The van der Waals surface area contributed by atoms with Crippen LogP contribution in [0.3, 0.4) is 0 Å². The lowest BCUT2D eigenvalue weighted by molar-refractivity contribution is -0.123. The lowest BCUT2D eigenvalue weighted by Gasteiger charge is -2.24. The van der Waals surface area contributed by atoms with Crippen molar-refractivity contribution >= 4 is 23.6 Å². The Labute approximate surface area is 249 Å². The Hall–Kier alpha value is -2.98. The van der Waals surface area contributed by atoms with E-state index in [1.54, 1.807) is 0 Å². The van der Waals surface area contributed by atoms with Gasteiger partial charge in [0.1, 0.15) is 6.17 Å². The van der Waals surface area contributed by atoms with E-state index in [2.05, 4.69) is 44.3 Å². The minimum Gasteiger partial charge on any atom is -0.387 e. The number of carbonyl (C=O) groups is 2. The Morgan fingerprint density at radius 1 is 1.02 bits per heavy atom. The molecule has 0 aliphatic carbocycles. The molecule has 0 radical (unpaired) electrons. The number of unbranched alkanes of at least 4 members (excludes halogenated alkanes) is 8. The lowest BCUT2D eigenvalue weighted by atomic mass is 10.0. The maximum Gasteiger partial charge on any atom is 0.221 e. The molecule has 2 aromatic rings. The van der Waals surface area contributed by atoms with Gasteiger partial charge in [-0.15, -0.1) is 22.0 Å². The van der Waals surface area contributed by atoms with Gasteiger partial charge in [-0.3, -0.25) is 9.59 Å². The zero-order valence-corrected chi connectivity index (χ0v) is 25.7. The highest BCUT2D eigenvalue weighted by atomic mass is 32.2. The molecular weight excluding hydrogens is 536 g/mol. The van der Waals surface area contributed by atoms with E-state index < -0.39 is 12.3 Å². The van der Waals surface area contributed by atoms with Crippen molar-refractivity contribution in [3.63, 3.8) is 0 Å². The molecule has 3 atom stereocenters. The molecule has 1 heterocycles. The number of thioether (sulfide) groups is 1. The summed E-state index contributed by atoms with van der Waals surface area (Å²) in [7, 11) is 0. The lowest BCUT2D eigenvalue weighted by Crippen LogP contribution is -2.49. The fourth-order valence-corrected chi connectivity index (χ4v) is 5.45. The number of hydrogen-bond acceptors (Lipinski definition) is 7. The number of aliphatic hydroxyl groups is 1. The van der Waals surface area contributed by atoms with Gasteiger partial charge >= 0.3 is 0 Å². The third-order valence-corrected chi connectivity index (χ3v) is 7.92. The van der Waals surface area contributed by atoms with Crippen LogP contribution in [-0.4, -0.2) is 54.7 Å². The van der Waals surface area contributed by atoms with Gasteiger partial charge in [0.2, 0.25) is 17.6 Å². The number of amides is 2. The molecule has 0 spiro atoms. The molecule has 2 amide bonds. The van der Waals surface area contributed by atoms with Crippen LogP contribution in [0.1, 0.15) is 103 Å². The van der Waals surface area contributed by atoms with Crippen LogP contribution < -0.4 is 10.6 Å². The second-order valence-corrected chi connectivity index (χ2v) is 11.5. The Morgan fingerprint density at radius 3 is 2.49 bits per heavy atom. The fourth-order valence-electron chi connectivity index (χ4n) is 4.33. The summed E-state index contributed by atoms with van der Waals surface area (Å²) in [5, 5.41) is 31.0. The molecule has 0 unspecified atom stereocenters. The smallest absolute Gasteiger partial charge is 0.221 e. The Bertz CT molecular complexity index is 1060. The van der Waals surface area contributed by atoms with Gasteiger partial charge in [-0.1, -0.05) is 101 Å². The minimum absolute atomic E-state index is 0.0973. The van der Waals surface area contributed by atoms with Crippen LogP contribution in [0.2, 0.25) is 0 Å². The van der Waals surface area contributed by atoms with E-state index in [-0.39, 0.29) is 17.1 Å². The number of tetrazole rings is 1. The Morgan fingerprint density at radius 2 is 1.78 bits per heavy atom. The number of rotatable bonds is 21. The molecule has 0 bridgehead atoms. The number of benzene rings is 1. The fraction of sp³-hybridized carbons (Fsp3) is 0.581. The van der Waals surface area contributed by atoms with Crippen molar-refractivity contribution in [1.82, 2.24) is 31.3 Å². The third kappa shape index (κ3) is 14.5. The van der Waals surface area contributed by atoms with Crippen LogP contribution in [0.25, 0.3) is 11.4 Å². The molecular formula is C31H48N6O3S. The molecule has 226 valence electrons. The molecule has 0 saturated carbocycles. The van der Waals surface area contributed by atoms with Crippen molar-refractivity contribution in [2.75, 3.05) is 5.75 Å². The van der Waals surface area contributed by atoms with E-state index in [0.29, 0.717) is 23.6 Å². The highest BCUT2D eigenvalue weighted by Gasteiger charge is 2.23. The number of allylic oxidation sites excluding steroid dienone is 3. The summed E-state index contributed by atoms with van der Waals surface area (Å²) < 4.78 is 0. The molecule has 0 fully saturated rings. The van der Waals surface area contributed by atoms with E-state index in [1.165, 1.54) is 63.6 Å². The maximum absolute atomic E-state index is 12.4. The largest absolute Gasteiger partial charge is 0.387 e. The van der Waals surface area contributed by atoms with Crippen molar-refractivity contribution in [2.24, 2.45) is 0 Å².